The third kappa shape index (κ3) is 2.72. The first-order valence-electron chi connectivity index (χ1n) is 6.52. The van der Waals surface area contributed by atoms with E-state index in [1.165, 1.54) is 12.8 Å². The summed E-state index contributed by atoms with van der Waals surface area (Å²) in [6.07, 6.45) is 9.25. The molecule has 5 heteroatoms. The molecule has 18 heavy (non-hydrogen) atoms. The van der Waals surface area contributed by atoms with Crippen LogP contribution in [0.15, 0.2) is 18.6 Å². The van der Waals surface area contributed by atoms with Gasteiger partial charge in [0, 0.05) is 25.5 Å². The number of nitrogens with one attached hydrogen (secondary N) is 2. The number of hydrogen-bond acceptors (Lipinski definition) is 4. The summed E-state index contributed by atoms with van der Waals surface area (Å²) in [5.41, 5.74) is 0.873. The molecule has 0 bridgehead atoms. The Bertz CT molecular complexity index is 505. The highest BCUT2D eigenvalue weighted by atomic mass is 15.1. The first-order valence-corrected chi connectivity index (χ1v) is 6.52. The van der Waals surface area contributed by atoms with Crippen molar-refractivity contribution in [2.75, 3.05) is 17.7 Å². The molecule has 2 aromatic heterocycles. The average molecular weight is 247 g/mol. The molecule has 0 spiro atoms. The first-order chi connectivity index (χ1) is 8.74. The Hall–Kier alpha value is -1.78. The molecule has 0 aliphatic carbocycles. The Balaban J connectivity index is 2.22. The number of rotatable bonds is 6. The van der Waals surface area contributed by atoms with Crippen molar-refractivity contribution in [3.05, 3.63) is 18.6 Å². The van der Waals surface area contributed by atoms with Crippen molar-refractivity contribution in [1.29, 1.82) is 0 Å². The predicted octanol–water partition coefficient (Wildman–Crippen LogP) is 2.76. The molecule has 0 aromatic carbocycles. The Morgan fingerprint density at radius 1 is 1.44 bits per heavy atom. The van der Waals surface area contributed by atoms with Gasteiger partial charge in [0.15, 0.2) is 11.5 Å². The van der Waals surface area contributed by atoms with Crippen LogP contribution >= 0.6 is 0 Å². The van der Waals surface area contributed by atoms with Crippen LogP contribution in [0.3, 0.4) is 0 Å². The Kier molecular flexibility index (Phi) is 4.02. The quantitative estimate of drug-likeness (QED) is 0.824. The third-order valence-corrected chi connectivity index (χ3v) is 3.00. The van der Waals surface area contributed by atoms with Crippen LogP contribution in [0.1, 0.15) is 33.1 Å². The van der Waals surface area contributed by atoms with Crippen LogP contribution in [0.2, 0.25) is 0 Å². The van der Waals surface area contributed by atoms with Crippen LogP contribution in [-0.2, 0) is 0 Å². The summed E-state index contributed by atoms with van der Waals surface area (Å²) in [5.74, 6) is 1.68. The van der Waals surface area contributed by atoms with E-state index in [0.717, 1.165) is 23.7 Å². The smallest absolute Gasteiger partial charge is 0.180 e. The maximum atomic E-state index is 4.53. The van der Waals surface area contributed by atoms with E-state index in [1.807, 2.05) is 23.8 Å². The molecule has 2 N–H and O–H groups in total. The third-order valence-electron chi connectivity index (χ3n) is 3.00. The maximum absolute atomic E-state index is 4.53. The van der Waals surface area contributed by atoms with E-state index in [-0.39, 0.29) is 0 Å². The van der Waals surface area contributed by atoms with Crippen molar-refractivity contribution in [3.8, 4) is 0 Å². The number of fused-ring (bicyclic) bond motifs is 1. The molecule has 0 fully saturated rings. The second-order valence-electron chi connectivity index (χ2n) is 4.57. The van der Waals surface area contributed by atoms with Gasteiger partial charge >= 0.3 is 0 Å². The topological polar surface area (TPSA) is 54.2 Å². The van der Waals surface area contributed by atoms with Crippen molar-refractivity contribution in [2.45, 2.75) is 39.2 Å². The molecule has 5 nitrogen and oxygen atoms in total. The molecule has 1 unspecified atom stereocenters. The maximum Gasteiger partial charge on any atom is 0.180 e. The van der Waals surface area contributed by atoms with E-state index in [4.69, 9.17) is 0 Å². The fraction of sp³-hybridized carbons (Fsp3) is 0.538. The summed E-state index contributed by atoms with van der Waals surface area (Å²) < 4.78 is 1.98. The van der Waals surface area contributed by atoms with E-state index < -0.39 is 0 Å². The molecule has 0 saturated carbocycles. The van der Waals surface area contributed by atoms with Gasteiger partial charge in [-0.3, -0.25) is 0 Å². The molecular formula is C13H21N5. The summed E-state index contributed by atoms with van der Waals surface area (Å²) in [7, 11) is 1.87. The molecule has 98 valence electrons. The van der Waals surface area contributed by atoms with Crippen molar-refractivity contribution in [1.82, 2.24) is 14.4 Å². The molecule has 0 aliphatic heterocycles. The number of nitrogens with zero attached hydrogens (tertiary/aromatic N) is 3. The fourth-order valence-electron chi connectivity index (χ4n) is 1.96. The van der Waals surface area contributed by atoms with Gasteiger partial charge < -0.3 is 15.0 Å². The zero-order chi connectivity index (χ0) is 13.0. The molecule has 0 aliphatic rings. The normalized spacial score (nSPS) is 12.6. The van der Waals surface area contributed by atoms with Crippen LogP contribution in [0, 0.1) is 0 Å². The van der Waals surface area contributed by atoms with Crippen molar-refractivity contribution in [3.63, 3.8) is 0 Å². The number of imidazole rings is 1. The SMILES string of the molecule is CCCCC(C)Nc1nc(NC)cn2ccnc12. The molecular weight excluding hydrogens is 226 g/mol. The summed E-state index contributed by atoms with van der Waals surface area (Å²) >= 11 is 0. The number of hydrogen-bond donors (Lipinski definition) is 2. The highest BCUT2D eigenvalue weighted by Gasteiger charge is 2.09. The lowest BCUT2D eigenvalue weighted by atomic mass is 10.1. The van der Waals surface area contributed by atoms with E-state index in [9.17, 15) is 0 Å². The number of aromatic nitrogens is 3. The molecule has 0 amide bonds. The minimum atomic E-state index is 0.407. The summed E-state index contributed by atoms with van der Waals surface area (Å²) in [6.45, 7) is 4.39. The molecule has 2 heterocycles. The minimum Gasteiger partial charge on any atom is -0.372 e. The van der Waals surface area contributed by atoms with Gasteiger partial charge in [-0.15, -0.1) is 0 Å². The van der Waals surface area contributed by atoms with Crippen molar-refractivity contribution in [2.24, 2.45) is 0 Å². The van der Waals surface area contributed by atoms with Crippen LogP contribution < -0.4 is 10.6 Å². The van der Waals surface area contributed by atoms with Gasteiger partial charge in [-0.25, -0.2) is 9.97 Å². The Morgan fingerprint density at radius 2 is 2.28 bits per heavy atom. The van der Waals surface area contributed by atoms with Crippen LogP contribution in [-0.4, -0.2) is 27.5 Å². The second kappa shape index (κ2) is 5.71. The molecule has 0 radical (unpaired) electrons. The Labute approximate surface area is 108 Å². The largest absolute Gasteiger partial charge is 0.372 e. The molecule has 1 atom stereocenters. The first kappa shape index (κ1) is 12.7. The summed E-state index contributed by atoms with van der Waals surface area (Å²) in [5, 5.41) is 6.51. The standard InChI is InChI=1S/C13H21N5/c1-4-5-6-10(2)16-12-13-15-7-8-18(13)9-11(14-3)17-12/h7-10,14H,4-6H2,1-3H3,(H,16,17). The van der Waals surface area contributed by atoms with Gasteiger partial charge in [-0.2, -0.15) is 0 Å². The van der Waals surface area contributed by atoms with Gasteiger partial charge in [0.2, 0.25) is 0 Å². The molecule has 0 saturated heterocycles. The van der Waals surface area contributed by atoms with E-state index in [0.29, 0.717) is 6.04 Å². The van der Waals surface area contributed by atoms with E-state index in [1.54, 1.807) is 6.20 Å². The van der Waals surface area contributed by atoms with Gasteiger partial charge in [0.05, 0.1) is 6.20 Å². The zero-order valence-corrected chi connectivity index (χ0v) is 11.3. The Morgan fingerprint density at radius 3 is 3.00 bits per heavy atom. The predicted molar refractivity (Wildman–Crippen MR) is 75.1 cm³/mol. The van der Waals surface area contributed by atoms with Gasteiger partial charge in [0.1, 0.15) is 5.82 Å². The lowest BCUT2D eigenvalue weighted by Gasteiger charge is -2.15. The van der Waals surface area contributed by atoms with E-state index in [2.05, 4.69) is 34.4 Å². The minimum absolute atomic E-state index is 0.407. The van der Waals surface area contributed by atoms with Crippen LogP contribution in [0.25, 0.3) is 5.65 Å². The van der Waals surface area contributed by atoms with Gasteiger partial charge in [-0.05, 0) is 13.3 Å². The number of anilines is 2. The second-order valence-corrected chi connectivity index (χ2v) is 4.57. The van der Waals surface area contributed by atoms with Gasteiger partial charge in [0.25, 0.3) is 0 Å². The van der Waals surface area contributed by atoms with Gasteiger partial charge in [-0.1, -0.05) is 19.8 Å². The highest BCUT2D eigenvalue weighted by molar-refractivity contribution is 5.65. The van der Waals surface area contributed by atoms with Crippen molar-refractivity contribution < 1.29 is 0 Å². The van der Waals surface area contributed by atoms with Crippen molar-refractivity contribution >= 4 is 17.3 Å². The summed E-state index contributed by atoms with van der Waals surface area (Å²) in [6, 6.07) is 0.407. The fourth-order valence-corrected chi connectivity index (χ4v) is 1.96. The number of unbranched alkanes of at least 4 members (excludes halogenated alkanes) is 1. The van der Waals surface area contributed by atoms with Crippen LogP contribution in [0.5, 0.6) is 0 Å². The lowest BCUT2D eigenvalue weighted by Crippen LogP contribution is -2.17. The molecule has 2 rings (SSSR count). The monoisotopic (exact) mass is 247 g/mol. The zero-order valence-electron chi connectivity index (χ0n) is 11.3. The van der Waals surface area contributed by atoms with E-state index >= 15 is 0 Å². The average Bonchev–Trinajstić information content (AvgIpc) is 2.84. The lowest BCUT2D eigenvalue weighted by molar-refractivity contribution is 0.643. The highest BCUT2D eigenvalue weighted by Crippen LogP contribution is 2.18. The summed E-state index contributed by atoms with van der Waals surface area (Å²) in [4.78, 5) is 8.87. The van der Waals surface area contributed by atoms with Crippen LogP contribution in [0.4, 0.5) is 11.6 Å². The molecule has 2 aromatic rings.